The number of nitrogens with zero attached hydrogens (tertiary/aromatic N) is 2. The molecule has 1 aromatic heterocycles. The standard InChI is InChI=1S/C22H28BClN4O5S/c1-13(2)9-17(23(31)32)27-21(30)22(10-15-7-5-4-6-8-15)11-16(28-33-22)12-25-20(29)18-19(24)34-14(3)26-18/h4-8,13,17,31-32H,9-12H2,1-3H3,(H,25,29)(H,27,30)/t17-,22?/m0/s1. The molecule has 34 heavy (non-hydrogen) atoms. The number of aryl methyl sites for hydroxylation is 1. The molecule has 0 saturated carbocycles. The van der Waals surface area contributed by atoms with Gasteiger partial charge in [0.1, 0.15) is 4.34 Å². The summed E-state index contributed by atoms with van der Waals surface area (Å²) in [4.78, 5) is 35.7. The zero-order valence-corrected chi connectivity index (χ0v) is 20.8. The van der Waals surface area contributed by atoms with Crippen LogP contribution < -0.4 is 10.6 Å². The highest BCUT2D eigenvalue weighted by molar-refractivity contribution is 7.16. The smallest absolute Gasteiger partial charge is 0.426 e. The van der Waals surface area contributed by atoms with Crippen molar-refractivity contribution in [2.75, 3.05) is 6.54 Å². The Kier molecular flexibility index (Phi) is 8.70. The van der Waals surface area contributed by atoms with Crippen LogP contribution in [0.15, 0.2) is 35.5 Å². The van der Waals surface area contributed by atoms with Crippen LogP contribution in [0.5, 0.6) is 0 Å². The van der Waals surface area contributed by atoms with Crippen LogP contribution in [0.4, 0.5) is 0 Å². The molecule has 1 unspecified atom stereocenters. The maximum Gasteiger partial charge on any atom is 0.475 e. The van der Waals surface area contributed by atoms with Gasteiger partial charge in [-0.2, -0.15) is 0 Å². The Bertz CT molecular complexity index is 1050. The summed E-state index contributed by atoms with van der Waals surface area (Å²) in [6.07, 6.45) is 0.712. The molecule has 0 fully saturated rings. The molecule has 2 atom stereocenters. The highest BCUT2D eigenvalue weighted by Gasteiger charge is 2.48. The molecule has 0 aliphatic carbocycles. The Morgan fingerprint density at radius 1 is 1.29 bits per heavy atom. The van der Waals surface area contributed by atoms with Crippen LogP contribution in [0.2, 0.25) is 4.34 Å². The first-order valence-corrected chi connectivity index (χ1v) is 12.1. The van der Waals surface area contributed by atoms with Crippen molar-refractivity contribution in [2.45, 2.75) is 51.6 Å². The van der Waals surface area contributed by atoms with Crippen LogP contribution in [-0.4, -0.2) is 57.8 Å². The second-order valence-electron chi connectivity index (χ2n) is 8.74. The third kappa shape index (κ3) is 6.56. The number of oxime groups is 1. The highest BCUT2D eigenvalue weighted by atomic mass is 35.5. The van der Waals surface area contributed by atoms with Crippen LogP contribution in [0.25, 0.3) is 0 Å². The Hall–Kier alpha value is -2.47. The van der Waals surface area contributed by atoms with Gasteiger partial charge in [-0.15, -0.1) is 11.3 Å². The summed E-state index contributed by atoms with van der Waals surface area (Å²) < 4.78 is 0.302. The minimum Gasteiger partial charge on any atom is -0.426 e. The molecule has 0 bridgehead atoms. The summed E-state index contributed by atoms with van der Waals surface area (Å²) in [6.45, 7) is 5.66. The third-order valence-corrected chi connectivity index (χ3v) is 6.52. The second kappa shape index (κ2) is 11.3. The predicted octanol–water partition coefficient (Wildman–Crippen LogP) is 2.14. The minimum absolute atomic E-state index is 0.0492. The van der Waals surface area contributed by atoms with Gasteiger partial charge in [0.15, 0.2) is 5.69 Å². The number of thiazole rings is 1. The molecular formula is C22H28BClN4O5S. The number of halogens is 1. The number of aromatic nitrogens is 1. The molecule has 2 amide bonds. The third-order valence-electron chi connectivity index (χ3n) is 5.35. The van der Waals surface area contributed by atoms with Crippen molar-refractivity contribution in [3.05, 3.63) is 50.9 Å². The minimum atomic E-state index is -1.72. The quantitative estimate of drug-likeness (QED) is 0.365. The van der Waals surface area contributed by atoms with Gasteiger partial charge < -0.3 is 25.5 Å². The molecule has 0 radical (unpaired) electrons. The highest BCUT2D eigenvalue weighted by Crippen LogP contribution is 2.30. The maximum absolute atomic E-state index is 13.4. The average Bonchev–Trinajstić information content (AvgIpc) is 3.35. The molecule has 182 valence electrons. The molecule has 4 N–H and O–H groups in total. The topological polar surface area (TPSA) is 133 Å². The number of carbonyl (C=O) groups is 2. The number of amides is 2. The van der Waals surface area contributed by atoms with Crippen molar-refractivity contribution >= 4 is 47.6 Å². The zero-order valence-electron chi connectivity index (χ0n) is 19.2. The van der Waals surface area contributed by atoms with E-state index in [1.165, 1.54) is 11.3 Å². The van der Waals surface area contributed by atoms with Gasteiger partial charge in [-0.25, -0.2) is 4.98 Å². The predicted molar refractivity (Wildman–Crippen MR) is 132 cm³/mol. The molecular weight excluding hydrogens is 479 g/mol. The number of hydrogen-bond acceptors (Lipinski definition) is 8. The SMILES string of the molecule is Cc1nc(C(=O)NCC2=NOC(Cc3ccccc3)(C(=O)N[C@@H](CC(C)C)B(O)O)C2)c(Cl)s1. The molecule has 1 aliphatic heterocycles. The molecule has 3 rings (SSSR count). The van der Waals surface area contributed by atoms with E-state index in [-0.39, 0.29) is 31.0 Å². The van der Waals surface area contributed by atoms with Gasteiger partial charge >= 0.3 is 7.12 Å². The van der Waals surface area contributed by atoms with Gasteiger partial charge in [0.2, 0.25) is 5.60 Å². The maximum atomic E-state index is 13.4. The van der Waals surface area contributed by atoms with E-state index in [1.54, 1.807) is 6.92 Å². The summed E-state index contributed by atoms with van der Waals surface area (Å²) in [5.74, 6) is -1.67. The van der Waals surface area contributed by atoms with Gasteiger partial charge in [-0.1, -0.05) is 60.9 Å². The first kappa shape index (κ1) is 26.1. The molecule has 0 spiro atoms. The van der Waals surface area contributed by atoms with Crippen LogP contribution >= 0.6 is 22.9 Å². The second-order valence-corrected chi connectivity index (χ2v) is 10.5. The lowest BCUT2D eigenvalue weighted by Crippen LogP contribution is -2.56. The van der Waals surface area contributed by atoms with E-state index >= 15 is 0 Å². The van der Waals surface area contributed by atoms with Gasteiger partial charge in [0.05, 0.1) is 23.2 Å². The van der Waals surface area contributed by atoms with Crippen LogP contribution in [0.3, 0.4) is 0 Å². The summed E-state index contributed by atoms with van der Waals surface area (Å²) in [6, 6.07) is 9.33. The van der Waals surface area contributed by atoms with E-state index < -0.39 is 30.5 Å². The van der Waals surface area contributed by atoms with Crippen molar-refractivity contribution in [2.24, 2.45) is 11.1 Å². The fourth-order valence-corrected chi connectivity index (χ4v) is 4.83. The zero-order chi connectivity index (χ0) is 24.9. The lowest BCUT2D eigenvalue weighted by atomic mass is 9.74. The lowest BCUT2D eigenvalue weighted by Gasteiger charge is -2.29. The summed E-state index contributed by atoms with van der Waals surface area (Å²) in [7, 11) is -1.72. The van der Waals surface area contributed by atoms with Gasteiger partial charge in [0.25, 0.3) is 11.8 Å². The summed E-state index contributed by atoms with van der Waals surface area (Å²) >= 11 is 7.29. The van der Waals surface area contributed by atoms with Crippen molar-refractivity contribution in [1.29, 1.82) is 0 Å². The first-order chi connectivity index (χ1) is 16.1. The van der Waals surface area contributed by atoms with E-state index in [0.717, 1.165) is 5.56 Å². The van der Waals surface area contributed by atoms with E-state index in [0.29, 0.717) is 21.5 Å². The van der Waals surface area contributed by atoms with Crippen molar-refractivity contribution < 1.29 is 24.5 Å². The monoisotopic (exact) mass is 506 g/mol. The lowest BCUT2D eigenvalue weighted by molar-refractivity contribution is -0.144. The fourth-order valence-electron chi connectivity index (χ4n) is 3.73. The molecule has 1 aliphatic rings. The van der Waals surface area contributed by atoms with Crippen LogP contribution in [0.1, 0.15) is 47.7 Å². The Morgan fingerprint density at radius 2 is 2.00 bits per heavy atom. The number of rotatable bonds is 10. The fraction of sp³-hybridized carbons (Fsp3) is 0.455. The van der Waals surface area contributed by atoms with Crippen molar-refractivity contribution in [3.8, 4) is 0 Å². The first-order valence-electron chi connectivity index (χ1n) is 11.0. The van der Waals surface area contributed by atoms with Gasteiger partial charge in [0, 0.05) is 12.8 Å². The van der Waals surface area contributed by atoms with E-state index in [4.69, 9.17) is 16.4 Å². The van der Waals surface area contributed by atoms with Gasteiger partial charge in [-0.3, -0.25) is 9.59 Å². The normalized spacial score (nSPS) is 18.3. The Morgan fingerprint density at radius 3 is 2.59 bits per heavy atom. The largest absolute Gasteiger partial charge is 0.475 e. The molecule has 12 heteroatoms. The van der Waals surface area contributed by atoms with E-state index in [1.807, 2.05) is 44.2 Å². The number of nitrogens with one attached hydrogen (secondary N) is 2. The molecule has 0 saturated heterocycles. The van der Waals surface area contributed by atoms with Crippen LogP contribution in [0, 0.1) is 12.8 Å². The number of hydrogen-bond donors (Lipinski definition) is 4. The van der Waals surface area contributed by atoms with Gasteiger partial charge in [-0.05, 0) is 24.8 Å². The number of carbonyl (C=O) groups excluding carboxylic acids is 2. The van der Waals surface area contributed by atoms with E-state index in [2.05, 4.69) is 20.8 Å². The number of benzene rings is 1. The molecule has 2 heterocycles. The molecule has 1 aromatic carbocycles. The van der Waals surface area contributed by atoms with Crippen molar-refractivity contribution in [3.63, 3.8) is 0 Å². The Labute approximate surface area is 207 Å². The van der Waals surface area contributed by atoms with Crippen molar-refractivity contribution in [1.82, 2.24) is 15.6 Å². The van der Waals surface area contributed by atoms with Crippen LogP contribution in [-0.2, 0) is 16.1 Å². The molecule has 2 aromatic rings. The summed E-state index contributed by atoms with van der Waals surface area (Å²) in [5.41, 5.74) is 0.0751. The summed E-state index contributed by atoms with van der Waals surface area (Å²) in [5, 5.41) is 29.7. The van der Waals surface area contributed by atoms with E-state index in [9.17, 15) is 19.6 Å². The molecule has 9 nitrogen and oxygen atoms in total. The average molecular weight is 507 g/mol. The Balaban J connectivity index is 1.73.